The van der Waals surface area contributed by atoms with Gasteiger partial charge < -0.3 is 19.5 Å². The molecule has 3 aromatic carbocycles. The van der Waals surface area contributed by atoms with E-state index >= 15 is 0 Å². The zero-order valence-corrected chi connectivity index (χ0v) is 18.6. The van der Waals surface area contributed by atoms with Crippen LogP contribution in [0.25, 0.3) is 0 Å². The molecule has 1 aliphatic heterocycles. The third kappa shape index (κ3) is 3.72. The van der Waals surface area contributed by atoms with Crippen LogP contribution in [0.1, 0.15) is 49.1 Å². The predicted molar refractivity (Wildman–Crippen MR) is 122 cm³/mol. The maximum atomic E-state index is 13.1. The van der Waals surface area contributed by atoms with Crippen molar-refractivity contribution < 1.29 is 38.3 Å². The highest BCUT2D eigenvalue weighted by Crippen LogP contribution is 2.36. The molecule has 11 heteroatoms. The van der Waals surface area contributed by atoms with Gasteiger partial charge in [-0.15, -0.1) is 0 Å². The Hall–Kier alpha value is -5.06. The summed E-state index contributed by atoms with van der Waals surface area (Å²) in [5, 5.41) is 14.5. The van der Waals surface area contributed by atoms with Gasteiger partial charge in [0.25, 0.3) is 11.6 Å². The van der Waals surface area contributed by atoms with E-state index in [0.717, 1.165) is 6.07 Å². The second kappa shape index (κ2) is 8.62. The number of ether oxygens (including phenoxy) is 3. The molecular weight excluding hydrogens is 472 g/mol. The molecule has 0 radical (unpaired) electrons. The van der Waals surface area contributed by atoms with Gasteiger partial charge in [0.05, 0.1) is 4.92 Å². The minimum atomic E-state index is -1.35. The fraction of sp³-hybridized carbons (Fsp3) is 0.120. The standard InChI is InChI=1S/C25H16N2O9/c1-12(24(30)26-13-6-9-18-19(10-13)35-11-34-18)36-25(31)17-8-7-16-20(21(17)27(32)33)23(29)15-5-3-2-4-14(15)22(16)28/h2-10,12H,11H2,1H3,(H,26,30). The number of nitrogens with one attached hydrogen (secondary N) is 1. The van der Waals surface area contributed by atoms with Crippen LogP contribution < -0.4 is 14.8 Å². The summed E-state index contributed by atoms with van der Waals surface area (Å²) in [6.07, 6.45) is -1.35. The number of ketones is 2. The Morgan fingerprint density at radius 3 is 2.39 bits per heavy atom. The Labute approximate surface area is 202 Å². The second-order valence-corrected chi connectivity index (χ2v) is 7.95. The number of esters is 1. The van der Waals surface area contributed by atoms with Crippen LogP contribution in [0.2, 0.25) is 0 Å². The van der Waals surface area contributed by atoms with E-state index in [2.05, 4.69) is 5.32 Å². The van der Waals surface area contributed by atoms with E-state index in [1.54, 1.807) is 18.2 Å². The molecule has 1 heterocycles. The SMILES string of the molecule is CC(OC(=O)c1ccc2c(c1[N+](=O)[O-])C(=O)c1ccccc1C2=O)C(=O)Nc1ccc2c(c1)OCO2. The predicted octanol–water partition coefficient (Wildman–Crippen LogP) is 3.28. The fourth-order valence-corrected chi connectivity index (χ4v) is 4.02. The first kappa shape index (κ1) is 22.7. The minimum Gasteiger partial charge on any atom is -0.454 e. The van der Waals surface area contributed by atoms with Crippen LogP contribution in [0.4, 0.5) is 11.4 Å². The highest BCUT2D eigenvalue weighted by molar-refractivity contribution is 6.30. The molecule has 0 aromatic heterocycles. The Morgan fingerprint density at radius 1 is 0.972 bits per heavy atom. The van der Waals surface area contributed by atoms with Gasteiger partial charge in [-0.25, -0.2) is 4.79 Å². The van der Waals surface area contributed by atoms with Crippen molar-refractivity contribution in [3.05, 3.63) is 92.5 Å². The zero-order valence-electron chi connectivity index (χ0n) is 18.6. The molecule has 0 bridgehead atoms. The molecule has 0 fully saturated rings. The van der Waals surface area contributed by atoms with E-state index in [1.807, 2.05) is 0 Å². The number of nitro groups is 1. The topological polar surface area (TPSA) is 151 Å². The van der Waals surface area contributed by atoms with Gasteiger partial charge >= 0.3 is 5.97 Å². The van der Waals surface area contributed by atoms with Crippen LogP contribution in [-0.4, -0.2) is 41.3 Å². The minimum absolute atomic E-state index is 0.0000825. The first-order chi connectivity index (χ1) is 17.3. The normalized spacial score (nSPS) is 13.9. The van der Waals surface area contributed by atoms with Crippen LogP contribution in [0.15, 0.2) is 54.6 Å². The molecule has 3 aromatic rings. The molecule has 2 aliphatic rings. The molecule has 11 nitrogen and oxygen atoms in total. The number of hydrogen-bond donors (Lipinski definition) is 1. The number of anilines is 1. The monoisotopic (exact) mass is 488 g/mol. The number of nitrogens with zero attached hydrogens (tertiary/aromatic N) is 1. The lowest BCUT2D eigenvalue weighted by Crippen LogP contribution is -2.30. The number of benzene rings is 3. The van der Waals surface area contributed by atoms with Gasteiger partial charge in [0.15, 0.2) is 23.4 Å². The van der Waals surface area contributed by atoms with Gasteiger partial charge in [0.1, 0.15) is 11.1 Å². The van der Waals surface area contributed by atoms with Gasteiger partial charge in [-0.3, -0.25) is 24.5 Å². The average molecular weight is 488 g/mol. The lowest BCUT2D eigenvalue weighted by Gasteiger charge is -2.19. The quantitative estimate of drug-likeness (QED) is 0.253. The fourth-order valence-electron chi connectivity index (χ4n) is 4.02. The first-order valence-corrected chi connectivity index (χ1v) is 10.7. The maximum Gasteiger partial charge on any atom is 0.345 e. The molecule has 0 saturated heterocycles. The highest BCUT2D eigenvalue weighted by Gasteiger charge is 2.39. The number of carbonyl (C=O) groups excluding carboxylic acids is 4. The van der Waals surface area contributed by atoms with Gasteiger partial charge in [0.2, 0.25) is 12.6 Å². The summed E-state index contributed by atoms with van der Waals surface area (Å²) >= 11 is 0. The summed E-state index contributed by atoms with van der Waals surface area (Å²) in [6, 6.07) is 12.8. The number of carbonyl (C=O) groups is 4. The Balaban J connectivity index is 1.41. The summed E-state index contributed by atoms with van der Waals surface area (Å²) in [6.45, 7) is 1.34. The molecule has 1 unspecified atom stereocenters. The van der Waals surface area contributed by atoms with E-state index in [0.29, 0.717) is 17.2 Å². The van der Waals surface area contributed by atoms with Crippen LogP contribution in [-0.2, 0) is 9.53 Å². The average Bonchev–Trinajstić information content (AvgIpc) is 3.34. The summed E-state index contributed by atoms with van der Waals surface area (Å²) in [5.74, 6) is -2.28. The summed E-state index contributed by atoms with van der Waals surface area (Å²) in [4.78, 5) is 62.4. The largest absolute Gasteiger partial charge is 0.454 e. The number of nitro benzene ring substituents is 1. The van der Waals surface area contributed by atoms with Gasteiger partial charge in [-0.05, 0) is 31.2 Å². The van der Waals surface area contributed by atoms with E-state index in [1.165, 1.54) is 37.3 Å². The van der Waals surface area contributed by atoms with E-state index in [4.69, 9.17) is 14.2 Å². The smallest absolute Gasteiger partial charge is 0.345 e. The molecule has 5 rings (SSSR count). The van der Waals surface area contributed by atoms with Gasteiger partial charge in [0, 0.05) is 28.4 Å². The molecule has 1 atom stereocenters. The number of amides is 1. The highest BCUT2D eigenvalue weighted by atomic mass is 16.7. The zero-order chi connectivity index (χ0) is 25.6. The third-order valence-corrected chi connectivity index (χ3v) is 5.76. The van der Waals surface area contributed by atoms with E-state index in [-0.39, 0.29) is 23.5 Å². The van der Waals surface area contributed by atoms with Crippen molar-refractivity contribution in [3.63, 3.8) is 0 Å². The van der Waals surface area contributed by atoms with Crippen molar-refractivity contribution >= 4 is 34.8 Å². The summed E-state index contributed by atoms with van der Waals surface area (Å²) < 4.78 is 15.6. The van der Waals surface area contributed by atoms with Crippen molar-refractivity contribution in [1.82, 2.24) is 0 Å². The van der Waals surface area contributed by atoms with Crippen molar-refractivity contribution in [3.8, 4) is 11.5 Å². The Bertz CT molecular complexity index is 1490. The Morgan fingerprint density at radius 2 is 1.67 bits per heavy atom. The third-order valence-electron chi connectivity index (χ3n) is 5.76. The first-order valence-electron chi connectivity index (χ1n) is 10.7. The van der Waals surface area contributed by atoms with Crippen molar-refractivity contribution in [1.29, 1.82) is 0 Å². The Kier molecular flexibility index (Phi) is 5.44. The van der Waals surface area contributed by atoms with Crippen LogP contribution in [0.5, 0.6) is 11.5 Å². The van der Waals surface area contributed by atoms with E-state index < -0.39 is 51.3 Å². The maximum absolute atomic E-state index is 13.1. The summed E-state index contributed by atoms with van der Waals surface area (Å²) in [5.41, 5.74) is -1.61. The van der Waals surface area contributed by atoms with Crippen molar-refractivity contribution in [2.24, 2.45) is 0 Å². The molecule has 0 spiro atoms. The summed E-state index contributed by atoms with van der Waals surface area (Å²) in [7, 11) is 0. The molecule has 1 amide bonds. The van der Waals surface area contributed by atoms with Crippen molar-refractivity contribution in [2.75, 3.05) is 12.1 Å². The van der Waals surface area contributed by atoms with Gasteiger partial charge in [-0.2, -0.15) is 0 Å². The number of rotatable bonds is 5. The lowest BCUT2D eigenvalue weighted by atomic mass is 9.82. The molecule has 1 aliphatic carbocycles. The lowest BCUT2D eigenvalue weighted by molar-refractivity contribution is -0.385. The van der Waals surface area contributed by atoms with Gasteiger partial charge in [-0.1, -0.05) is 24.3 Å². The van der Waals surface area contributed by atoms with Crippen molar-refractivity contribution in [2.45, 2.75) is 13.0 Å². The van der Waals surface area contributed by atoms with Crippen LogP contribution in [0, 0.1) is 10.1 Å². The molecular formula is C25H16N2O9. The van der Waals surface area contributed by atoms with E-state index in [9.17, 15) is 29.3 Å². The molecule has 36 heavy (non-hydrogen) atoms. The molecule has 1 N–H and O–H groups in total. The second-order valence-electron chi connectivity index (χ2n) is 7.95. The number of fused-ring (bicyclic) bond motifs is 3. The van der Waals surface area contributed by atoms with Crippen LogP contribution in [0.3, 0.4) is 0 Å². The molecule has 180 valence electrons. The number of hydrogen-bond acceptors (Lipinski definition) is 9. The molecule has 0 saturated carbocycles. The van der Waals surface area contributed by atoms with Crippen LogP contribution >= 0.6 is 0 Å².